The van der Waals surface area contributed by atoms with Crippen molar-refractivity contribution in [1.82, 2.24) is 15.1 Å². The molecule has 0 N–H and O–H groups in total. The third kappa shape index (κ3) is 2.80. The lowest BCUT2D eigenvalue weighted by Gasteiger charge is -2.22. The summed E-state index contributed by atoms with van der Waals surface area (Å²) in [6.45, 7) is 2.23. The highest BCUT2D eigenvalue weighted by Crippen LogP contribution is 2.10. The molecule has 0 aliphatic carbocycles. The zero-order valence-electron chi connectivity index (χ0n) is 8.97. The van der Waals surface area contributed by atoms with E-state index in [2.05, 4.69) is 10.3 Å². The summed E-state index contributed by atoms with van der Waals surface area (Å²) in [5.74, 6) is -0.230. The van der Waals surface area contributed by atoms with Crippen LogP contribution in [0, 0.1) is 0 Å². The maximum atomic E-state index is 11.3. The van der Waals surface area contributed by atoms with Gasteiger partial charge in [0.05, 0.1) is 6.34 Å². The van der Waals surface area contributed by atoms with Crippen molar-refractivity contribution < 1.29 is 9.59 Å². The molecule has 15 heavy (non-hydrogen) atoms. The van der Waals surface area contributed by atoms with E-state index in [0.29, 0.717) is 12.4 Å². The van der Waals surface area contributed by atoms with E-state index in [0.717, 1.165) is 0 Å². The van der Waals surface area contributed by atoms with Crippen LogP contribution in [0.1, 0.15) is 6.92 Å². The van der Waals surface area contributed by atoms with Crippen LogP contribution < -0.4 is 5.32 Å². The molecular weight excluding hydrogens is 196 g/mol. The molecule has 1 rings (SSSR count). The standard InChI is InChI=1S/C9H13N4O2/c1-4-13-7(10-6-12(2)3)5-8(14)11-9(13)15/h5-6H,4H2,1-3H3. The number of amides is 3. The highest BCUT2D eigenvalue weighted by molar-refractivity contribution is 6.03. The van der Waals surface area contributed by atoms with Crippen LogP contribution in [-0.4, -0.2) is 48.7 Å². The molecule has 1 heterocycles. The number of rotatable bonds is 3. The number of carbonyl (C=O) groups excluding carboxylic acids is 2. The second-order valence-electron chi connectivity index (χ2n) is 3.19. The molecule has 1 aliphatic rings. The van der Waals surface area contributed by atoms with Crippen LogP contribution in [0.3, 0.4) is 0 Å². The van der Waals surface area contributed by atoms with Crippen LogP contribution in [0.5, 0.6) is 0 Å². The molecule has 3 amide bonds. The first-order chi connectivity index (χ1) is 7.04. The van der Waals surface area contributed by atoms with Gasteiger partial charge < -0.3 is 4.90 Å². The number of imide groups is 1. The summed E-state index contributed by atoms with van der Waals surface area (Å²) >= 11 is 0. The van der Waals surface area contributed by atoms with E-state index in [1.807, 2.05) is 0 Å². The summed E-state index contributed by atoms with van der Waals surface area (Å²) in [5.41, 5.74) is 0. The molecule has 0 fully saturated rings. The van der Waals surface area contributed by atoms with Crippen molar-refractivity contribution in [3.8, 4) is 0 Å². The first-order valence-electron chi connectivity index (χ1n) is 4.54. The van der Waals surface area contributed by atoms with E-state index in [1.165, 1.54) is 17.3 Å². The van der Waals surface area contributed by atoms with E-state index in [1.54, 1.807) is 25.9 Å². The number of hydrogen-bond donors (Lipinski definition) is 0. The minimum atomic E-state index is -0.560. The fourth-order valence-corrected chi connectivity index (χ4v) is 1.05. The van der Waals surface area contributed by atoms with Gasteiger partial charge in [-0.1, -0.05) is 0 Å². The largest absolute Gasteiger partial charge is 0.369 e. The maximum Gasteiger partial charge on any atom is 0.352 e. The summed E-state index contributed by atoms with van der Waals surface area (Å²) in [6.07, 6.45) is 2.77. The predicted molar refractivity (Wildman–Crippen MR) is 55.2 cm³/mol. The smallest absolute Gasteiger partial charge is 0.352 e. The average molecular weight is 209 g/mol. The van der Waals surface area contributed by atoms with Gasteiger partial charge in [-0.15, -0.1) is 0 Å². The Balaban J connectivity index is 2.91. The van der Waals surface area contributed by atoms with Gasteiger partial charge in [0.2, 0.25) is 0 Å². The van der Waals surface area contributed by atoms with Gasteiger partial charge in [0.15, 0.2) is 0 Å². The highest BCUT2D eigenvalue weighted by Gasteiger charge is 2.25. The molecule has 0 spiro atoms. The van der Waals surface area contributed by atoms with Crippen molar-refractivity contribution >= 4 is 18.3 Å². The van der Waals surface area contributed by atoms with E-state index in [4.69, 9.17) is 0 Å². The van der Waals surface area contributed by atoms with Gasteiger partial charge in [0.1, 0.15) is 5.82 Å². The van der Waals surface area contributed by atoms with Crippen molar-refractivity contribution in [3.63, 3.8) is 0 Å². The SMILES string of the molecule is CCN1C(=O)[N]C(=O)C=C1N=CN(C)C. The second kappa shape index (κ2) is 4.59. The first-order valence-corrected chi connectivity index (χ1v) is 4.54. The zero-order chi connectivity index (χ0) is 11.4. The monoisotopic (exact) mass is 209 g/mol. The Morgan fingerprint density at radius 2 is 2.20 bits per heavy atom. The number of carbonyl (C=O) groups is 2. The highest BCUT2D eigenvalue weighted by atomic mass is 16.2. The minimum Gasteiger partial charge on any atom is -0.369 e. The summed E-state index contributed by atoms with van der Waals surface area (Å²) in [5, 5.41) is 3.30. The van der Waals surface area contributed by atoms with E-state index >= 15 is 0 Å². The second-order valence-corrected chi connectivity index (χ2v) is 3.19. The Hall–Kier alpha value is -1.85. The summed E-state index contributed by atoms with van der Waals surface area (Å²) in [6, 6.07) is -0.559. The lowest BCUT2D eigenvalue weighted by atomic mass is 10.4. The Morgan fingerprint density at radius 1 is 1.53 bits per heavy atom. The minimum absolute atomic E-state index is 0.330. The summed E-state index contributed by atoms with van der Waals surface area (Å²) < 4.78 is 0. The van der Waals surface area contributed by atoms with Gasteiger partial charge in [-0.05, 0) is 6.92 Å². The molecule has 0 aromatic carbocycles. The van der Waals surface area contributed by atoms with Crippen LogP contribution in [0.4, 0.5) is 4.79 Å². The quantitative estimate of drug-likeness (QED) is 0.485. The third-order valence-electron chi connectivity index (χ3n) is 1.70. The predicted octanol–water partition coefficient (Wildman–Crippen LogP) is 0.00420. The van der Waals surface area contributed by atoms with Gasteiger partial charge in [-0.25, -0.2) is 9.79 Å². The van der Waals surface area contributed by atoms with E-state index < -0.39 is 11.9 Å². The molecule has 0 saturated carbocycles. The molecule has 1 aliphatic heterocycles. The van der Waals surface area contributed by atoms with Crippen LogP contribution in [-0.2, 0) is 4.79 Å². The molecular formula is C9H13N4O2. The Labute approximate surface area is 88.3 Å². The summed E-state index contributed by atoms with van der Waals surface area (Å²) in [7, 11) is 3.61. The van der Waals surface area contributed by atoms with Crippen molar-refractivity contribution in [1.29, 1.82) is 0 Å². The third-order valence-corrected chi connectivity index (χ3v) is 1.70. The van der Waals surface area contributed by atoms with Crippen molar-refractivity contribution in [3.05, 3.63) is 11.9 Å². The Bertz CT molecular complexity index is 333. The molecule has 81 valence electrons. The van der Waals surface area contributed by atoms with Gasteiger partial charge in [-0.2, -0.15) is 5.32 Å². The average Bonchev–Trinajstić information content (AvgIpc) is 2.13. The first kappa shape index (κ1) is 11.2. The number of hydrogen-bond acceptors (Lipinski definition) is 3. The van der Waals surface area contributed by atoms with Gasteiger partial charge in [0.25, 0.3) is 5.91 Å². The lowest BCUT2D eigenvalue weighted by molar-refractivity contribution is -0.116. The molecule has 0 aromatic rings. The van der Waals surface area contributed by atoms with Gasteiger partial charge >= 0.3 is 6.03 Å². The Kier molecular flexibility index (Phi) is 3.43. The fourth-order valence-electron chi connectivity index (χ4n) is 1.05. The van der Waals surface area contributed by atoms with Crippen molar-refractivity contribution in [2.45, 2.75) is 6.92 Å². The topological polar surface area (TPSA) is 67.1 Å². The number of nitrogens with zero attached hydrogens (tertiary/aromatic N) is 4. The van der Waals surface area contributed by atoms with Crippen LogP contribution >= 0.6 is 0 Å². The molecule has 0 aromatic heterocycles. The van der Waals surface area contributed by atoms with Crippen LogP contribution in [0.2, 0.25) is 0 Å². The normalized spacial score (nSPS) is 16.7. The molecule has 0 unspecified atom stereocenters. The lowest BCUT2D eigenvalue weighted by Crippen LogP contribution is -2.41. The number of aliphatic imine (C=N–C) groups is 1. The van der Waals surface area contributed by atoms with E-state index in [9.17, 15) is 9.59 Å². The maximum absolute atomic E-state index is 11.3. The molecule has 6 nitrogen and oxygen atoms in total. The van der Waals surface area contributed by atoms with Crippen LogP contribution in [0.25, 0.3) is 0 Å². The van der Waals surface area contributed by atoms with Crippen molar-refractivity contribution in [2.24, 2.45) is 4.99 Å². The van der Waals surface area contributed by atoms with Gasteiger partial charge in [0, 0.05) is 26.7 Å². The molecule has 0 atom stereocenters. The molecule has 1 radical (unpaired) electrons. The zero-order valence-corrected chi connectivity index (χ0v) is 8.97. The molecule has 0 bridgehead atoms. The fraction of sp³-hybridized carbons (Fsp3) is 0.444. The summed E-state index contributed by atoms with van der Waals surface area (Å²) in [4.78, 5) is 29.4. The van der Waals surface area contributed by atoms with Crippen molar-refractivity contribution in [2.75, 3.05) is 20.6 Å². The van der Waals surface area contributed by atoms with Crippen LogP contribution in [0.15, 0.2) is 16.9 Å². The number of urea groups is 1. The van der Waals surface area contributed by atoms with E-state index in [-0.39, 0.29) is 0 Å². The molecule has 0 saturated heterocycles. The van der Waals surface area contributed by atoms with Gasteiger partial charge in [-0.3, -0.25) is 9.69 Å². The Morgan fingerprint density at radius 3 is 2.73 bits per heavy atom. The molecule has 6 heteroatoms.